The first kappa shape index (κ1) is 14.3. The maximum atomic E-state index is 6.13. The lowest BCUT2D eigenvalue weighted by Gasteiger charge is -2.49. The molecule has 0 radical (unpaired) electrons. The summed E-state index contributed by atoms with van der Waals surface area (Å²) in [5.41, 5.74) is 6.23. The number of methoxy groups -OCH3 is 1. The topological polar surface area (TPSA) is 47.7 Å². The molecule has 106 valence electrons. The van der Waals surface area contributed by atoms with Gasteiger partial charge in [-0.15, -0.1) is 0 Å². The minimum Gasteiger partial charge on any atom is -0.381 e. The van der Waals surface area contributed by atoms with Gasteiger partial charge in [-0.25, -0.2) is 0 Å². The van der Waals surface area contributed by atoms with Crippen LogP contribution < -0.4 is 5.73 Å². The van der Waals surface area contributed by atoms with Crippen molar-refractivity contribution < 1.29 is 9.47 Å². The van der Waals surface area contributed by atoms with E-state index in [1.807, 2.05) is 7.11 Å². The van der Waals surface area contributed by atoms with Crippen LogP contribution in [-0.2, 0) is 9.47 Å². The third-order valence-corrected chi connectivity index (χ3v) is 5.07. The number of hydrogen-bond acceptors (Lipinski definition) is 4. The van der Waals surface area contributed by atoms with E-state index in [2.05, 4.69) is 18.9 Å². The van der Waals surface area contributed by atoms with E-state index in [4.69, 9.17) is 15.2 Å². The van der Waals surface area contributed by atoms with Crippen molar-refractivity contribution >= 4 is 0 Å². The van der Waals surface area contributed by atoms with E-state index in [0.717, 1.165) is 19.4 Å². The molecule has 0 aromatic heterocycles. The van der Waals surface area contributed by atoms with Gasteiger partial charge < -0.3 is 15.2 Å². The first-order valence-electron chi connectivity index (χ1n) is 7.20. The molecular weight excluding hydrogens is 228 g/mol. The van der Waals surface area contributed by atoms with E-state index in [-0.39, 0.29) is 5.54 Å². The molecule has 4 atom stereocenters. The number of likely N-dealkylation sites (N-methyl/N-ethyl adjacent to an activating group) is 1. The van der Waals surface area contributed by atoms with Gasteiger partial charge in [0.1, 0.15) is 0 Å². The van der Waals surface area contributed by atoms with Crippen LogP contribution in [0.5, 0.6) is 0 Å². The first-order valence-corrected chi connectivity index (χ1v) is 7.20. The minimum absolute atomic E-state index is 0.103. The van der Waals surface area contributed by atoms with Crippen molar-refractivity contribution in [2.24, 2.45) is 5.73 Å². The maximum absolute atomic E-state index is 6.13. The predicted octanol–water partition coefficient (Wildman–Crippen LogP) is 1.38. The second-order valence-corrected chi connectivity index (χ2v) is 5.93. The normalized spacial score (nSPS) is 41.5. The summed E-state index contributed by atoms with van der Waals surface area (Å²) in [5.74, 6) is 0. The van der Waals surface area contributed by atoms with Crippen LogP contribution in [0.1, 0.15) is 39.0 Å². The highest BCUT2D eigenvalue weighted by molar-refractivity contribution is 5.00. The standard InChI is InChI=1S/C14H28N2O2/c1-11-13(6-8-18-11)16(2)14(10-15)7-4-5-12(9-14)17-3/h11-13H,4-10,15H2,1-3H3. The molecule has 2 aliphatic rings. The number of nitrogens with two attached hydrogens (primary N) is 1. The van der Waals surface area contributed by atoms with E-state index in [1.54, 1.807) is 0 Å². The highest BCUT2D eigenvalue weighted by atomic mass is 16.5. The first-order chi connectivity index (χ1) is 8.63. The lowest BCUT2D eigenvalue weighted by atomic mass is 9.78. The summed E-state index contributed by atoms with van der Waals surface area (Å²) in [6, 6.07) is 0.504. The number of hydrogen-bond donors (Lipinski definition) is 1. The second-order valence-electron chi connectivity index (χ2n) is 5.93. The molecular formula is C14H28N2O2. The van der Waals surface area contributed by atoms with Gasteiger partial charge in [0.2, 0.25) is 0 Å². The zero-order chi connectivity index (χ0) is 13.2. The molecule has 4 unspecified atom stereocenters. The minimum atomic E-state index is 0.103. The summed E-state index contributed by atoms with van der Waals surface area (Å²) in [6.45, 7) is 3.77. The van der Waals surface area contributed by atoms with E-state index >= 15 is 0 Å². The fourth-order valence-corrected chi connectivity index (χ4v) is 3.72. The monoisotopic (exact) mass is 256 g/mol. The third kappa shape index (κ3) is 2.57. The van der Waals surface area contributed by atoms with Crippen LogP contribution in [0.2, 0.25) is 0 Å². The van der Waals surface area contributed by atoms with Gasteiger partial charge in [-0.05, 0) is 46.1 Å². The van der Waals surface area contributed by atoms with Crippen LogP contribution in [0.4, 0.5) is 0 Å². The van der Waals surface area contributed by atoms with E-state index in [0.29, 0.717) is 24.8 Å². The molecule has 0 amide bonds. The Morgan fingerprint density at radius 3 is 2.78 bits per heavy atom. The lowest BCUT2D eigenvalue weighted by molar-refractivity contribution is -0.0395. The summed E-state index contributed by atoms with van der Waals surface area (Å²) in [5, 5.41) is 0. The number of ether oxygens (including phenoxy) is 2. The van der Waals surface area contributed by atoms with Gasteiger partial charge in [-0.1, -0.05) is 0 Å². The zero-order valence-corrected chi connectivity index (χ0v) is 12.0. The molecule has 4 nitrogen and oxygen atoms in total. The molecule has 2 fully saturated rings. The second kappa shape index (κ2) is 5.87. The van der Waals surface area contributed by atoms with Crippen LogP contribution in [0.15, 0.2) is 0 Å². The zero-order valence-electron chi connectivity index (χ0n) is 12.0. The largest absolute Gasteiger partial charge is 0.381 e. The van der Waals surface area contributed by atoms with Crippen LogP contribution in [0.25, 0.3) is 0 Å². The van der Waals surface area contributed by atoms with Crippen molar-refractivity contribution in [1.29, 1.82) is 0 Å². The molecule has 18 heavy (non-hydrogen) atoms. The molecule has 2 rings (SSSR count). The van der Waals surface area contributed by atoms with Crippen LogP contribution in [0, 0.1) is 0 Å². The van der Waals surface area contributed by atoms with Gasteiger partial charge in [0.15, 0.2) is 0 Å². The molecule has 4 heteroatoms. The van der Waals surface area contributed by atoms with Gasteiger partial charge in [0.25, 0.3) is 0 Å². The SMILES string of the molecule is COC1CCCC(CN)(N(C)C2CCOC2C)C1. The van der Waals surface area contributed by atoms with Crippen molar-refractivity contribution in [3.8, 4) is 0 Å². The van der Waals surface area contributed by atoms with Gasteiger partial charge in [-0.3, -0.25) is 4.90 Å². The van der Waals surface area contributed by atoms with Crippen molar-refractivity contribution in [2.45, 2.75) is 62.8 Å². The fourth-order valence-electron chi connectivity index (χ4n) is 3.72. The quantitative estimate of drug-likeness (QED) is 0.825. The molecule has 1 saturated heterocycles. The lowest BCUT2D eigenvalue weighted by Crippen LogP contribution is -2.60. The maximum Gasteiger partial charge on any atom is 0.0703 e. The number of rotatable bonds is 4. The highest BCUT2D eigenvalue weighted by Gasteiger charge is 2.43. The average Bonchev–Trinajstić information content (AvgIpc) is 2.84. The summed E-state index contributed by atoms with van der Waals surface area (Å²) in [6.07, 6.45) is 6.42. The van der Waals surface area contributed by atoms with Gasteiger partial charge >= 0.3 is 0 Å². The Bertz CT molecular complexity index is 275. The Labute approximate surface area is 111 Å². The Hall–Kier alpha value is -0.160. The van der Waals surface area contributed by atoms with Gasteiger partial charge in [0.05, 0.1) is 12.2 Å². The predicted molar refractivity (Wildman–Crippen MR) is 72.6 cm³/mol. The molecule has 1 aliphatic heterocycles. The summed E-state index contributed by atoms with van der Waals surface area (Å²) < 4.78 is 11.3. The van der Waals surface area contributed by atoms with Crippen molar-refractivity contribution in [3.63, 3.8) is 0 Å². The Kier molecular flexibility index (Phi) is 4.64. The molecule has 1 heterocycles. The van der Waals surface area contributed by atoms with Crippen LogP contribution in [0.3, 0.4) is 0 Å². The highest BCUT2D eigenvalue weighted by Crippen LogP contribution is 2.37. The smallest absolute Gasteiger partial charge is 0.0703 e. The summed E-state index contributed by atoms with van der Waals surface area (Å²) >= 11 is 0. The summed E-state index contributed by atoms with van der Waals surface area (Å²) in [7, 11) is 4.04. The molecule has 1 saturated carbocycles. The van der Waals surface area contributed by atoms with E-state index < -0.39 is 0 Å². The van der Waals surface area contributed by atoms with Crippen molar-refractivity contribution in [3.05, 3.63) is 0 Å². The van der Waals surface area contributed by atoms with Crippen molar-refractivity contribution in [1.82, 2.24) is 4.90 Å². The molecule has 0 aromatic carbocycles. The van der Waals surface area contributed by atoms with E-state index in [1.165, 1.54) is 19.3 Å². The Balaban J connectivity index is 2.10. The Morgan fingerprint density at radius 1 is 1.44 bits per heavy atom. The van der Waals surface area contributed by atoms with Crippen LogP contribution in [-0.4, -0.2) is 56.0 Å². The van der Waals surface area contributed by atoms with E-state index in [9.17, 15) is 0 Å². The molecule has 1 aliphatic carbocycles. The average molecular weight is 256 g/mol. The van der Waals surface area contributed by atoms with Gasteiger partial charge in [-0.2, -0.15) is 0 Å². The third-order valence-electron chi connectivity index (χ3n) is 5.07. The van der Waals surface area contributed by atoms with Crippen LogP contribution >= 0.6 is 0 Å². The van der Waals surface area contributed by atoms with Gasteiger partial charge in [0, 0.05) is 31.8 Å². The molecule has 0 bridgehead atoms. The molecule has 2 N–H and O–H groups in total. The summed E-state index contributed by atoms with van der Waals surface area (Å²) in [4.78, 5) is 2.50. The van der Waals surface area contributed by atoms with Crippen molar-refractivity contribution in [2.75, 3.05) is 27.3 Å². The fraction of sp³-hybridized carbons (Fsp3) is 1.00. The number of nitrogens with zero attached hydrogens (tertiary/aromatic N) is 1. The Morgan fingerprint density at radius 2 is 2.22 bits per heavy atom. The molecule has 0 spiro atoms. The molecule has 0 aromatic rings.